The molecular weight excluding hydrogens is 357 g/mol. The molecule has 0 N–H and O–H groups in total. The molecule has 0 fully saturated rings. The monoisotopic (exact) mass is 366 g/mol. The van der Waals surface area contributed by atoms with E-state index in [0.29, 0.717) is 23.6 Å². The van der Waals surface area contributed by atoms with Crippen molar-refractivity contribution in [2.75, 3.05) is 0 Å². The van der Waals surface area contributed by atoms with Crippen molar-refractivity contribution in [1.82, 2.24) is 9.78 Å². The molecule has 0 unspecified atom stereocenters. The van der Waals surface area contributed by atoms with Crippen molar-refractivity contribution in [1.29, 1.82) is 0 Å². The minimum atomic E-state index is -4.46. The Kier molecular flexibility index (Phi) is 4.50. The average molecular weight is 367 g/mol. The van der Waals surface area contributed by atoms with Crippen molar-refractivity contribution in [2.24, 2.45) is 0 Å². The zero-order valence-electron chi connectivity index (χ0n) is 12.5. The number of nitrogens with zero attached hydrogens (tertiary/aromatic N) is 2. The van der Waals surface area contributed by atoms with E-state index >= 15 is 0 Å². The van der Waals surface area contributed by atoms with Crippen molar-refractivity contribution >= 4 is 18.1 Å². The summed E-state index contributed by atoms with van der Waals surface area (Å²) >= 11 is 6.03. The number of aromatic nitrogens is 2. The fourth-order valence-electron chi connectivity index (χ4n) is 2.24. The number of ether oxygens (including phenoxy) is 1. The van der Waals surface area contributed by atoms with E-state index in [2.05, 4.69) is 5.10 Å². The lowest BCUT2D eigenvalue weighted by molar-refractivity contribution is -0.137. The van der Waals surface area contributed by atoms with Crippen LogP contribution in [0.4, 0.5) is 13.2 Å². The summed E-state index contributed by atoms with van der Waals surface area (Å²) in [6.07, 6.45) is -2.86. The molecule has 2 aromatic carbocycles. The zero-order valence-corrected chi connectivity index (χ0v) is 13.3. The molecule has 0 aliphatic heterocycles. The third-order valence-electron chi connectivity index (χ3n) is 3.44. The van der Waals surface area contributed by atoms with Crippen LogP contribution in [0.5, 0.6) is 5.75 Å². The van der Waals surface area contributed by atoms with E-state index in [0.717, 1.165) is 12.1 Å². The summed E-state index contributed by atoms with van der Waals surface area (Å²) in [5, 5.41) is 4.44. The predicted molar refractivity (Wildman–Crippen MR) is 85.7 cm³/mol. The number of benzene rings is 2. The molecule has 3 aromatic rings. The van der Waals surface area contributed by atoms with Crippen LogP contribution < -0.4 is 4.74 Å². The molecule has 0 radical (unpaired) electrons. The molecule has 0 saturated carbocycles. The fourth-order valence-corrected chi connectivity index (χ4v) is 2.46. The molecule has 8 heteroatoms. The summed E-state index contributed by atoms with van der Waals surface area (Å²) < 4.78 is 44.8. The van der Waals surface area contributed by atoms with Gasteiger partial charge in [-0.3, -0.25) is 4.79 Å². The zero-order chi connectivity index (χ0) is 18.0. The van der Waals surface area contributed by atoms with Gasteiger partial charge in [-0.15, -0.1) is 0 Å². The van der Waals surface area contributed by atoms with Crippen LogP contribution in [0.25, 0.3) is 16.9 Å². The number of hydrogen-bond acceptors (Lipinski definition) is 3. The van der Waals surface area contributed by atoms with Crippen LogP contribution in [-0.4, -0.2) is 16.3 Å². The lowest BCUT2D eigenvalue weighted by atomic mass is 10.1. The first-order valence-corrected chi connectivity index (χ1v) is 7.40. The molecule has 0 bridgehead atoms. The number of carbonyl (C=O) groups is 1. The number of alkyl halides is 3. The Balaban J connectivity index is 1.95. The molecular formula is C17H10ClF3N2O2. The highest BCUT2D eigenvalue weighted by Gasteiger charge is 2.31. The van der Waals surface area contributed by atoms with Gasteiger partial charge in [0.05, 0.1) is 22.0 Å². The SMILES string of the molecule is O=COc1ccc(-n2ccc(-c3cc(C(F)(F)F)ccc3Cl)n2)cc1. The normalized spacial score (nSPS) is 11.4. The van der Waals surface area contributed by atoms with Crippen LogP contribution in [0.1, 0.15) is 5.56 Å². The Hall–Kier alpha value is -2.80. The Bertz CT molecular complexity index is 905. The van der Waals surface area contributed by atoms with Crippen molar-refractivity contribution in [3.63, 3.8) is 0 Å². The van der Waals surface area contributed by atoms with E-state index in [1.165, 1.54) is 10.7 Å². The van der Waals surface area contributed by atoms with Crippen molar-refractivity contribution in [3.05, 3.63) is 65.3 Å². The molecule has 3 rings (SSSR count). The van der Waals surface area contributed by atoms with Crippen molar-refractivity contribution < 1.29 is 22.7 Å². The van der Waals surface area contributed by atoms with Gasteiger partial charge in [-0.1, -0.05) is 11.6 Å². The quantitative estimate of drug-likeness (QED) is 0.626. The molecule has 0 aliphatic rings. The van der Waals surface area contributed by atoms with Gasteiger partial charge in [-0.2, -0.15) is 18.3 Å². The Morgan fingerprint density at radius 3 is 2.44 bits per heavy atom. The van der Waals surface area contributed by atoms with Gasteiger partial charge in [-0.25, -0.2) is 4.68 Å². The lowest BCUT2D eigenvalue weighted by Crippen LogP contribution is -2.05. The Morgan fingerprint density at radius 1 is 1.08 bits per heavy atom. The summed E-state index contributed by atoms with van der Waals surface area (Å²) in [5.74, 6) is 0.368. The number of carbonyl (C=O) groups excluding carboxylic acids is 1. The van der Waals surface area contributed by atoms with E-state index in [4.69, 9.17) is 16.3 Å². The average Bonchev–Trinajstić information content (AvgIpc) is 3.05. The molecule has 25 heavy (non-hydrogen) atoms. The molecule has 0 saturated heterocycles. The van der Waals surface area contributed by atoms with Crippen molar-refractivity contribution in [3.8, 4) is 22.7 Å². The van der Waals surface area contributed by atoms with E-state index in [9.17, 15) is 18.0 Å². The van der Waals surface area contributed by atoms with Gasteiger partial charge in [0.25, 0.3) is 6.47 Å². The summed E-state index contributed by atoms with van der Waals surface area (Å²) in [5.41, 5.74) is 0.352. The van der Waals surface area contributed by atoms with Crippen LogP contribution in [0.15, 0.2) is 54.7 Å². The highest BCUT2D eigenvalue weighted by atomic mass is 35.5. The summed E-state index contributed by atoms with van der Waals surface area (Å²) in [7, 11) is 0. The molecule has 1 heterocycles. The minimum Gasteiger partial charge on any atom is -0.429 e. The standard InChI is InChI=1S/C17H10ClF3N2O2/c18-15-6-1-11(17(19,20)21)9-14(15)16-7-8-23(22-16)12-2-4-13(5-3-12)25-10-24/h1-10H. The molecule has 1 aromatic heterocycles. The molecule has 0 aliphatic carbocycles. The summed E-state index contributed by atoms with van der Waals surface area (Å²) in [4.78, 5) is 10.3. The maximum atomic E-state index is 12.9. The van der Waals surface area contributed by atoms with Crippen molar-refractivity contribution in [2.45, 2.75) is 6.18 Å². The third-order valence-corrected chi connectivity index (χ3v) is 3.77. The van der Waals surface area contributed by atoms with Crippen LogP contribution >= 0.6 is 11.6 Å². The largest absolute Gasteiger partial charge is 0.429 e. The second-order valence-corrected chi connectivity index (χ2v) is 5.45. The molecule has 0 atom stereocenters. The van der Waals surface area contributed by atoms with E-state index in [1.807, 2.05) is 0 Å². The van der Waals surface area contributed by atoms with Gasteiger partial charge in [-0.05, 0) is 48.5 Å². The van der Waals surface area contributed by atoms with Crippen LogP contribution in [-0.2, 0) is 11.0 Å². The summed E-state index contributed by atoms with van der Waals surface area (Å²) in [6.45, 7) is 0.316. The van der Waals surface area contributed by atoms with Crippen LogP contribution in [0, 0.1) is 0 Å². The van der Waals surface area contributed by atoms with Gasteiger partial charge in [0.15, 0.2) is 0 Å². The molecule has 0 spiro atoms. The second kappa shape index (κ2) is 6.60. The highest BCUT2D eigenvalue weighted by Crippen LogP contribution is 2.35. The van der Waals surface area contributed by atoms with Gasteiger partial charge in [0.2, 0.25) is 0 Å². The minimum absolute atomic E-state index is 0.174. The van der Waals surface area contributed by atoms with Gasteiger partial charge >= 0.3 is 6.18 Å². The highest BCUT2D eigenvalue weighted by molar-refractivity contribution is 6.33. The second-order valence-electron chi connectivity index (χ2n) is 5.05. The number of halogens is 4. The third kappa shape index (κ3) is 3.66. The van der Waals surface area contributed by atoms with E-state index in [1.54, 1.807) is 36.5 Å². The van der Waals surface area contributed by atoms with Gasteiger partial charge < -0.3 is 4.74 Å². The number of hydrogen-bond donors (Lipinski definition) is 0. The van der Waals surface area contributed by atoms with Gasteiger partial charge in [0.1, 0.15) is 5.75 Å². The molecule has 4 nitrogen and oxygen atoms in total. The molecule has 128 valence electrons. The maximum absolute atomic E-state index is 12.9. The first-order valence-electron chi connectivity index (χ1n) is 7.02. The molecule has 0 amide bonds. The van der Waals surface area contributed by atoms with Crippen LogP contribution in [0.3, 0.4) is 0 Å². The van der Waals surface area contributed by atoms with E-state index in [-0.39, 0.29) is 10.6 Å². The first-order chi connectivity index (χ1) is 11.9. The lowest BCUT2D eigenvalue weighted by Gasteiger charge is -2.09. The smallest absolute Gasteiger partial charge is 0.416 e. The fraction of sp³-hybridized carbons (Fsp3) is 0.0588. The first kappa shape index (κ1) is 17.0. The predicted octanol–water partition coefficient (Wildman–Crippen LogP) is 4.75. The van der Waals surface area contributed by atoms with Gasteiger partial charge in [0, 0.05) is 11.8 Å². The Morgan fingerprint density at radius 2 is 1.80 bits per heavy atom. The topological polar surface area (TPSA) is 44.1 Å². The summed E-state index contributed by atoms with van der Waals surface area (Å²) in [6, 6.07) is 11.1. The number of rotatable bonds is 4. The van der Waals surface area contributed by atoms with Crippen LogP contribution in [0.2, 0.25) is 5.02 Å². The Labute approximate surface area is 145 Å². The maximum Gasteiger partial charge on any atom is 0.416 e. The van der Waals surface area contributed by atoms with E-state index < -0.39 is 11.7 Å².